The first-order valence-corrected chi connectivity index (χ1v) is 5.77. The molecular weight excluding hydrogens is 216 g/mol. The maximum atomic E-state index is 11.6. The van der Waals surface area contributed by atoms with Crippen molar-refractivity contribution in [3.63, 3.8) is 0 Å². The van der Waals surface area contributed by atoms with Crippen molar-refractivity contribution in [3.8, 4) is 0 Å². The van der Waals surface area contributed by atoms with Crippen molar-refractivity contribution in [2.45, 2.75) is 11.8 Å². The fraction of sp³-hybridized carbons (Fsp3) is 0.100. The summed E-state index contributed by atoms with van der Waals surface area (Å²) in [5.41, 5.74) is 0.899. The summed E-state index contributed by atoms with van der Waals surface area (Å²) < 4.78 is 23.2. The molecule has 0 spiro atoms. The van der Waals surface area contributed by atoms with Crippen LogP contribution in [0.2, 0.25) is 0 Å². The highest BCUT2D eigenvalue weighted by Crippen LogP contribution is 2.33. The van der Waals surface area contributed by atoms with Gasteiger partial charge in [-0.05, 0) is 18.6 Å². The molecule has 0 saturated heterocycles. The summed E-state index contributed by atoms with van der Waals surface area (Å²) in [6.45, 7) is 1.76. The van der Waals surface area contributed by atoms with E-state index in [1.54, 1.807) is 13.0 Å². The van der Waals surface area contributed by atoms with E-state index >= 15 is 0 Å². The maximum Gasteiger partial charge on any atom is 0.337 e. The largest absolute Gasteiger partial charge is 0.478 e. The zero-order valence-electron chi connectivity index (χ0n) is 7.89. The summed E-state index contributed by atoms with van der Waals surface area (Å²) in [5, 5.41) is 9.63. The zero-order chi connectivity index (χ0) is 11.2. The predicted octanol–water partition coefficient (Wildman–Crippen LogP) is 1.21. The first-order valence-electron chi connectivity index (χ1n) is 4.23. The quantitative estimate of drug-likeness (QED) is 0.778. The molecule has 0 amide bonds. The summed E-state index contributed by atoms with van der Waals surface area (Å²) in [6, 6.07) is 4.70. The Morgan fingerprint density at radius 3 is 2.60 bits per heavy atom. The molecule has 15 heavy (non-hydrogen) atoms. The Labute approximate surface area is 86.8 Å². The molecule has 0 fully saturated rings. The van der Waals surface area contributed by atoms with Crippen LogP contribution in [0.5, 0.6) is 0 Å². The van der Waals surface area contributed by atoms with Crippen LogP contribution < -0.4 is 0 Å². The number of carbonyl (C=O) groups is 1. The van der Waals surface area contributed by atoms with E-state index in [0.29, 0.717) is 0 Å². The highest BCUT2D eigenvalue weighted by molar-refractivity contribution is 7.95. The van der Waals surface area contributed by atoms with Crippen molar-refractivity contribution in [3.05, 3.63) is 34.7 Å². The fourth-order valence-corrected chi connectivity index (χ4v) is 3.03. The number of aliphatic carboxylic acids is 1. The van der Waals surface area contributed by atoms with Crippen LogP contribution in [-0.4, -0.2) is 19.5 Å². The van der Waals surface area contributed by atoms with Gasteiger partial charge in [-0.1, -0.05) is 12.1 Å². The van der Waals surface area contributed by atoms with E-state index in [2.05, 4.69) is 0 Å². The number of aryl methyl sites for hydroxylation is 1. The van der Waals surface area contributed by atoms with Gasteiger partial charge in [-0.3, -0.25) is 0 Å². The van der Waals surface area contributed by atoms with Gasteiger partial charge in [0.05, 0.1) is 15.9 Å². The van der Waals surface area contributed by atoms with Crippen molar-refractivity contribution in [2.24, 2.45) is 0 Å². The van der Waals surface area contributed by atoms with Crippen LogP contribution in [0, 0.1) is 6.92 Å². The SMILES string of the molecule is Cc1ccc2c(c1)S(=O)(=O)C=C2C(=O)O. The molecule has 1 aliphatic rings. The van der Waals surface area contributed by atoms with Gasteiger partial charge in [-0.15, -0.1) is 0 Å². The Hall–Kier alpha value is -1.62. The molecular formula is C10H8O4S. The molecule has 0 aliphatic carbocycles. The molecule has 1 heterocycles. The molecule has 1 N–H and O–H groups in total. The van der Waals surface area contributed by atoms with E-state index in [9.17, 15) is 13.2 Å². The van der Waals surface area contributed by atoms with Crippen LogP contribution in [0.15, 0.2) is 28.5 Å². The third-order valence-corrected chi connectivity index (χ3v) is 3.73. The maximum absolute atomic E-state index is 11.6. The molecule has 0 unspecified atom stereocenters. The van der Waals surface area contributed by atoms with E-state index in [1.807, 2.05) is 0 Å². The minimum absolute atomic E-state index is 0.0832. The highest BCUT2D eigenvalue weighted by Gasteiger charge is 2.30. The third kappa shape index (κ3) is 1.45. The van der Waals surface area contributed by atoms with Crippen LogP contribution in [0.1, 0.15) is 11.1 Å². The smallest absolute Gasteiger partial charge is 0.337 e. The predicted molar refractivity (Wildman–Crippen MR) is 54.0 cm³/mol. The number of rotatable bonds is 1. The van der Waals surface area contributed by atoms with Crippen molar-refractivity contribution in [2.75, 3.05) is 0 Å². The normalized spacial score (nSPS) is 17.0. The second-order valence-electron chi connectivity index (χ2n) is 3.38. The molecule has 5 heteroatoms. The Morgan fingerprint density at radius 2 is 2.00 bits per heavy atom. The summed E-state index contributed by atoms with van der Waals surface area (Å²) in [4.78, 5) is 10.9. The van der Waals surface area contributed by atoms with Gasteiger partial charge in [-0.2, -0.15) is 0 Å². The molecule has 2 rings (SSSR count). The second-order valence-corrected chi connectivity index (χ2v) is 5.15. The molecule has 1 aromatic rings. The molecule has 1 aromatic carbocycles. The molecule has 0 atom stereocenters. The lowest BCUT2D eigenvalue weighted by Gasteiger charge is -2.01. The lowest BCUT2D eigenvalue weighted by atomic mass is 10.1. The molecule has 0 saturated carbocycles. The molecule has 78 valence electrons. The van der Waals surface area contributed by atoms with Gasteiger partial charge in [-0.25, -0.2) is 13.2 Å². The Bertz CT molecular complexity index is 581. The van der Waals surface area contributed by atoms with E-state index in [0.717, 1.165) is 11.0 Å². The molecule has 0 radical (unpaired) electrons. The fourth-order valence-electron chi connectivity index (χ4n) is 1.54. The minimum atomic E-state index is -3.57. The lowest BCUT2D eigenvalue weighted by molar-refractivity contribution is -0.130. The molecule has 4 nitrogen and oxygen atoms in total. The minimum Gasteiger partial charge on any atom is -0.478 e. The van der Waals surface area contributed by atoms with Crippen molar-refractivity contribution in [1.29, 1.82) is 0 Å². The van der Waals surface area contributed by atoms with Gasteiger partial charge in [0.15, 0.2) is 0 Å². The van der Waals surface area contributed by atoms with Gasteiger partial charge in [0.1, 0.15) is 0 Å². The van der Waals surface area contributed by atoms with Crippen LogP contribution in [0.25, 0.3) is 5.57 Å². The second kappa shape index (κ2) is 2.93. The molecule has 0 aromatic heterocycles. The van der Waals surface area contributed by atoms with E-state index in [1.165, 1.54) is 12.1 Å². The van der Waals surface area contributed by atoms with E-state index in [4.69, 9.17) is 5.11 Å². The van der Waals surface area contributed by atoms with Gasteiger partial charge in [0.2, 0.25) is 9.84 Å². The Kier molecular flexibility index (Phi) is 1.94. The van der Waals surface area contributed by atoms with Crippen molar-refractivity contribution < 1.29 is 18.3 Å². The summed E-state index contributed by atoms with van der Waals surface area (Å²) in [5.74, 6) is -1.22. The monoisotopic (exact) mass is 224 g/mol. The number of hydrogen-bond acceptors (Lipinski definition) is 3. The number of sulfone groups is 1. The number of hydrogen-bond donors (Lipinski definition) is 1. The summed E-state index contributed by atoms with van der Waals surface area (Å²) >= 11 is 0. The average molecular weight is 224 g/mol. The standard InChI is InChI=1S/C10H8O4S/c1-6-2-3-7-8(10(11)12)5-15(13,14)9(7)4-6/h2-5H,1H3,(H,11,12). The third-order valence-electron chi connectivity index (χ3n) is 2.24. The van der Waals surface area contributed by atoms with Crippen molar-refractivity contribution in [1.82, 2.24) is 0 Å². The van der Waals surface area contributed by atoms with Gasteiger partial charge in [0, 0.05) is 5.56 Å². The number of carboxylic acid groups (broad SMARTS) is 1. The summed E-state index contributed by atoms with van der Waals surface area (Å²) in [7, 11) is -3.57. The highest BCUT2D eigenvalue weighted by atomic mass is 32.2. The van der Waals surface area contributed by atoms with E-state index < -0.39 is 15.8 Å². The lowest BCUT2D eigenvalue weighted by Crippen LogP contribution is -1.97. The summed E-state index contributed by atoms with van der Waals surface area (Å²) in [6.07, 6.45) is 0. The number of fused-ring (bicyclic) bond motifs is 1. The average Bonchev–Trinajstić information content (AvgIpc) is 2.39. The molecule has 1 aliphatic heterocycles. The van der Waals surface area contributed by atoms with Gasteiger partial charge >= 0.3 is 5.97 Å². The van der Waals surface area contributed by atoms with Crippen LogP contribution in [0.3, 0.4) is 0 Å². The van der Waals surface area contributed by atoms with Crippen molar-refractivity contribution >= 4 is 21.4 Å². The number of carboxylic acids is 1. The zero-order valence-corrected chi connectivity index (χ0v) is 8.71. The number of benzene rings is 1. The first-order chi connectivity index (χ1) is 6.92. The van der Waals surface area contributed by atoms with Gasteiger partial charge in [0.25, 0.3) is 0 Å². The Morgan fingerprint density at radius 1 is 1.33 bits per heavy atom. The molecule has 0 bridgehead atoms. The first kappa shape index (κ1) is 9.92. The van der Waals surface area contributed by atoms with E-state index in [-0.39, 0.29) is 16.0 Å². The van der Waals surface area contributed by atoms with Crippen LogP contribution in [-0.2, 0) is 14.6 Å². The Balaban J connectivity index is 2.79. The van der Waals surface area contributed by atoms with Gasteiger partial charge < -0.3 is 5.11 Å². The van der Waals surface area contributed by atoms with Crippen LogP contribution >= 0.6 is 0 Å². The topological polar surface area (TPSA) is 71.4 Å². The van der Waals surface area contributed by atoms with Crippen LogP contribution in [0.4, 0.5) is 0 Å².